The third kappa shape index (κ3) is 3.30. The summed E-state index contributed by atoms with van der Waals surface area (Å²) in [6, 6.07) is 2.21. The van der Waals surface area contributed by atoms with E-state index in [1.54, 1.807) is 24.4 Å². The third-order valence-corrected chi connectivity index (χ3v) is 2.86. The Bertz CT molecular complexity index is 658. The highest BCUT2D eigenvalue weighted by Crippen LogP contribution is 2.23. The van der Waals surface area contributed by atoms with E-state index >= 15 is 0 Å². The number of amides is 3. The van der Waals surface area contributed by atoms with E-state index in [4.69, 9.17) is 9.25 Å². The van der Waals surface area contributed by atoms with Crippen LogP contribution in [0.25, 0.3) is 0 Å². The minimum atomic E-state index is -3.26. The summed E-state index contributed by atoms with van der Waals surface area (Å²) in [4.78, 5) is 39.5. The maximum Gasteiger partial charge on any atom is 0.360 e. The predicted octanol–water partition coefficient (Wildman–Crippen LogP) is 0.375. The van der Waals surface area contributed by atoms with Crippen molar-refractivity contribution in [2.24, 2.45) is 5.16 Å². The molecule has 2 unspecified atom stereocenters. The van der Waals surface area contributed by atoms with E-state index in [0.29, 0.717) is 11.5 Å². The molecule has 1 aliphatic rings. The number of alkyl halides is 1. The largest absolute Gasteiger partial charge is 0.463 e. The maximum absolute atomic E-state index is 14.8. The van der Waals surface area contributed by atoms with Gasteiger partial charge in [-0.25, -0.2) is 14.0 Å². The van der Waals surface area contributed by atoms with Crippen LogP contribution in [-0.4, -0.2) is 42.6 Å². The fraction of sp³-hybridized carbons (Fsp3) is 0.385. The van der Waals surface area contributed by atoms with Crippen molar-refractivity contribution in [3.05, 3.63) is 23.7 Å². The molecule has 2 heterocycles. The summed E-state index contributed by atoms with van der Waals surface area (Å²) < 4.78 is 24.5. The number of ether oxygens (including phenoxy) is 1. The number of urea groups is 1. The van der Waals surface area contributed by atoms with Gasteiger partial charge in [0.15, 0.2) is 0 Å². The van der Waals surface area contributed by atoms with Crippen LogP contribution >= 0.6 is 0 Å². The quantitative estimate of drug-likeness (QED) is 0.349. The van der Waals surface area contributed by atoms with Crippen LogP contribution in [0.15, 0.2) is 21.7 Å². The number of carbonyl (C=O) groups is 3. The van der Waals surface area contributed by atoms with E-state index in [1.165, 1.54) is 6.92 Å². The number of nitrogens with one attached hydrogen (secondary N) is 2. The Hall–Kier alpha value is -2.91. The molecule has 9 nitrogen and oxygen atoms in total. The Morgan fingerprint density at radius 2 is 2.26 bits per heavy atom. The molecule has 0 radical (unpaired) electrons. The normalized spacial score (nSPS) is 24.2. The van der Waals surface area contributed by atoms with Gasteiger partial charge in [0.25, 0.3) is 12.1 Å². The minimum Gasteiger partial charge on any atom is -0.463 e. The van der Waals surface area contributed by atoms with Gasteiger partial charge in [-0.2, -0.15) is 0 Å². The van der Waals surface area contributed by atoms with Crippen molar-refractivity contribution < 1.29 is 32.8 Å². The standard InChI is InChI=1S/C13H14FN3O6/c1-3-21-11(19)13(14)9(18)16-12(20)17-10(13)23-15-6-8-5-4-7(2)22-8/h4-6,10H,3H2,1-2H3,(H2,16,17,18,20)/b15-6-. The molecule has 1 aliphatic heterocycles. The SMILES string of the molecule is CCOC(=O)C1(F)C(=O)NC(=O)NC1O/N=C\c1ccc(C)o1. The second-order valence-electron chi connectivity index (χ2n) is 4.53. The van der Waals surface area contributed by atoms with Gasteiger partial charge >= 0.3 is 17.7 Å². The highest BCUT2D eigenvalue weighted by Gasteiger charge is 2.61. The molecule has 1 fully saturated rings. The zero-order chi connectivity index (χ0) is 17.0. The number of furan rings is 1. The third-order valence-electron chi connectivity index (χ3n) is 2.86. The first-order chi connectivity index (χ1) is 10.9. The molecule has 1 saturated heterocycles. The first-order valence-electron chi connectivity index (χ1n) is 6.61. The average Bonchev–Trinajstić information content (AvgIpc) is 2.89. The molecule has 10 heteroatoms. The van der Waals surface area contributed by atoms with Crippen molar-refractivity contribution >= 4 is 24.1 Å². The molecule has 1 aromatic heterocycles. The lowest BCUT2D eigenvalue weighted by Crippen LogP contribution is -2.70. The first-order valence-corrected chi connectivity index (χ1v) is 6.61. The lowest BCUT2D eigenvalue weighted by molar-refractivity contribution is -0.179. The average molecular weight is 327 g/mol. The van der Waals surface area contributed by atoms with Crippen LogP contribution in [0, 0.1) is 6.92 Å². The molecule has 0 aromatic carbocycles. The van der Waals surface area contributed by atoms with Gasteiger partial charge in [-0.1, -0.05) is 5.16 Å². The topological polar surface area (TPSA) is 119 Å². The van der Waals surface area contributed by atoms with Crippen molar-refractivity contribution in [2.45, 2.75) is 25.7 Å². The Balaban J connectivity index is 2.17. The van der Waals surface area contributed by atoms with Gasteiger partial charge in [0, 0.05) is 0 Å². The fourth-order valence-corrected chi connectivity index (χ4v) is 1.77. The van der Waals surface area contributed by atoms with Crippen molar-refractivity contribution in [3.63, 3.8) is 0 Å². The number of esters is 1. The number of hydrogen-bond donors (Lipinski definition) is 2. The molecule has 3 amide bonds. The van der Waals surface area contributed by atoms with E-state index < -0.39 is 29.8 Å². The molecule has 1 aromatic rings. The lowest BCUT2D eigenvalue weighted by atomic mass is 10.0. The number of imide groups is 1. The van der Waals surface area contributed by atoms with Crippen LogP contribution < -0.4 is 10.6 Å². The number of nitrogens with zero attached hydrogens (tertiary/aromatic N) is 1. The van der Waals surface area contributed by atoms with Crippen LogP contribution in [0.3, 0.4) is 0 Å². The zero-order valence-electron chi connectivity index (χ0n) is 12.3. The number of hydrogen-bond acceptors (Lipinski definition) is 7. The van der Waals surface area contributed by atoms with Crippen LogP contribution in [0.5, 0.6) is 0 Å². The summed E-state index contributed by atoms with van der Waals surface area (Å²) >= 11 is 0. The van der Waals surface area contributed by atoms with Crippen LogP contribution in [0.2, 0.25) is 0 Å². The molecule has 2 N–H and O–H groups in total. The fourth-order valence-electron chi connectivity index (χ4n) is 1.77. The molecule has 23 heavy (non-hydrogen) atoms. The van der Waals surface area contributed by atoms with Gasteiger partial charge in [0.05, 0.1) is 6.61 Å². The summed E-state index contributed by atoms with van der Waals surface area (Å²) in [6.45, 7) is 2.98. The van der Waals surface area contributed by atoms with Crippen LogP contribution in [0.1, 0.15) is 18.4 Å². The summed E-state index contributed by atoms with van der Waals surface area (Å²) in [7, 11) is 0. The maximum atomic E-state index is 14.8. The highest BCUT2D eigenvalue weighted by molar-refractivity contribution is 6.14. The molecular weight excluding hydrogens is 313 g/mol. The second kappa shape index (κ2) is 6.46. The molecule has 2 atom stereocenters. The van der Waals surface area contributed by atoms with Gasteiger partial charge < -0.3 is 14.0 Å². The van der Waals surface area contributed by atoms with E-state index in [2.05, 4.69) is 9.89 Å². The number of rotatable bonds is 5. The number of oxime groups is 1. The smallest absolute Gasteiger partial charge is 0.360 e. The number of aryl methyl sites for hydroxylation is 1. The lowest BCUT2D eigenvalue weighted by Gasteiger charge is -2.32. The van der Waals surface area contributed by atoms with Gasteiger partial charge in [-0.3, -0.25) is 15.4 Å². The van der Waals surface area contributed by atoms with Crippen LogP contribution in [0.4, 0.5) is 9.18 Å². The second-order valence-corrected chi connectivity index (χ2v) is 4.53. The highest BCUT2D eigenvalue weighted by atomic mass is 19.1. The molecule has 0 bridgehead atoms. The van der Waals surface area contributed by atoms with E-state index in [1.807, 2.05) is 5.32 Å². The van der Waals surface area contributed by atoms with E-state index in [9.17, 15) is 18.8 Å². The van der Waals surface area contributed by atoms with Crippen molar-refractivity contribution in [1.29, 1.82) is 0 Å². The molecular formula is C13H14FN3O6. The van der Waals surface area contributed by atoms with Gasteiger partial charge in [0.2, 0.25) is 0 Å². The number of halogens is 1. The van der Waals surface area contributed by atoms with E-state index in [-0.39, 0.29) is 6.61 Å². The van der Waals surface area contributed by atoms with E-state index in [0.717, 1.165) is 6.21 Å². The Labute approximate surface area is 129 Å². The summed E-state index contributed by atoms with van der Waals surface area (Å²) in [5, 5.41) is 7.01. The molecule has 0 saturated carbocycles. The van der Waals surface area contributed by atoms with Crippen LogP contribution in [-0.2, 0) is 19.2 Å². The monoisotopic (exact) mass is 327 g/mol. The number of carbonyl (C=O) groups excluding carboxylic acids is 3. The molecule has 2 rings (SSSR count). The predicted molar refractivity (Wildman–Crippen MR) is 73.1 cm³/mol. The van der Waals surface area contributed by atoms with Crippen molar-refractivity contribution in [2.75, 3.05) is 6.61 Å². The summed E-state index contributed by atoms with van der Waals surface area (Å²) in [5.41, 5.74) is -3.26. The summed E-state index contributed by atoms with van der Waals surface area (Å²) in [5.74, 6) is -2.07. The minimum absolute atomic E-state index is 0.159. The Kier molecular flexibility index (Phi) is 4.63. The Morgan fingerprint density at radius 1 is 1.52 bits per heavy atom. The molecule has 124 valence electrons. The van der Waals surface area contributed by atoms with Gasteiger partial charge in [-0.15, -0.1) is 0 Å². The van der Waals surface area contributed by atoms with Crippen molar-refractivity contribution in [1.82, 2.24) is 10.6 Å². The van der Waals surface area contributed by atoms with Gasteiger partial charge in [0.1, 0.15) is 17.7 Å². The Morgan fingerprint density at radius 3 is 2.87 bits per heavy atom. The van der Waals surface area contributed by atoms with Gasteiger partial charge in [-0.05, 0) is 26.0 Å². The first kappa shape index (κ1) is 16.5. The molecule has 0 aliphatic carbocycles. The zero-order valence-corrected chi connectivity index (χ0v) is 12.3. The van der Waals surface area contributed by atoms with Crippen molar-refractivity contribution in [3.8, 4) is 0 Å². The molecule has 0 spiro atoms. The summed E-state index contributed by atoms with van der Waals surface area (Å²) in [6.07, 6.45) is -0.882.